The number of nitrogens with zero attached hydrogens (tertiary/aromatic N) is 1. The molecule has 0 saturated heterocycles. The van der Waals surface area contributed by atoms with E-state index in [1.807, 2.05) is 24.3 Å². The first-order valence-corrected chi connectivity index (χ1v) is 9.14. The van der Waals surface area contributed by atoms with Gasteiger partial charge in [-0.25, -0.2) is 0 Å². The van der Waals surface area contributed by atoms with E-state index in [0.29, 0.717) is 11.6 Å². The molecule has 1 heterocycles. The monoisotopic (exact) mass is 354 g/mol. The van der Waals surface area contributed by atoms with E-state index in [-0.39, 0.29) is 5.91 Å². The van der Waals surface area contributed by atoms with E-state index in [1.165, 1.54) is 24.1 Å². The molecule has 0 radical (unpaired) electrons. The summed E-state index contributed by atoms with van der Waals surface area (Å²) >= 11 is 5.85. The minimum atomic E-state index is -0.0611. The predicted octanol–water partition coefficient (Wildman–Crippen LogP) is 4.31. The Morgan fingerprint density at radius 2 is 1.96 bits per heavy atom. The summed E-state index contributed by atoms with van der Waals surface area (Å²) in [7, 11) is 0. The minimum Gasteiger partial charge on any atom is -0.371 e. The van der Waals surface area contributed by atoms with Crippen molar-refractivity contribution in [2.24, 2.45) is 0 Å². The highest BCUT2D eigenvalue weighted by Crippen LogP contribution is 2.26. The Bertz CT molecular complexity index is 740. The van der Waals surface area contributed by atoms with Crippen molar-refractivity contribution in [3.63, 3.8) is 0 Å². The maximum Gasteiger partial charge on any atom is 0.244 e. The molecule has 1 aliphatic heterocycles. The number of benzene rings is 2. The van der Waals surface area contributed by atoms with Crippen molar-refractivity contribution < 1.29 is 4.79 Å². The first kappa shape index (κ1) is 17.6. The number of carbonyl (C=O) groups excluding carboxylic acids is 1. The maximum absolute atomic E-state index is 11.9. The third-order valence-corrected chi connectivity index (χ3v) is 4.66. The first-order chi connectivity index (χ1) is 12.2. The van der Waals surface area contributed by atoms with Gasteiger partial charge in [-0.3, -0.25) is 4.79 Å². The normalized spacial score (nSPS) is 13.7. The summed E-state index contributed by atoms with van der Waals surface area (Å²) in [5.41, 5.74) is 3.75. The fourth-order valence-corrected chi connectivity index (χ4v) is 3.26. The third kappa shape index (κ3) is 5.10. The first-order valence-electron chi connectivity index (χ1n) is 8.77. The number of hydrogen-bond acceptors (Lipinski definition) is 2. The van der Waals surface area contributed by atoms with Crippen LogP contribution in [-0.2, 0) is 11.2 Å². The zero-order valence-corrected chi connectivity index (χ0v) is 15.0. The Hall–Kier alpha value is -2.26. The van der Waals surface area contributed by atoms with Gasteiger partial charge >= 0.3 is 0 Å². The lowest BCUT2D eigenvalue weighted by Crippen LogP contribution is -2.32. The second-order valence-corrected chi connectivity index (χ2v) is 6.69. The average molecular weight is 355 g/mol. The summed E-state index contributed by atoms with van der Waals surface area (Å²) in [5, 5.41) is 3.64. The van der Waals surface area contributed by atoms with E-state index < -0.39 is 0 Å². The number of nitrogens with one attached hydrogen (secondary N) is 1. The predicted molar refractivity (Wildman–Crippen MR) is 105 cm³/mol. The molecular weight excluding hydrogens is 332 g/mol. The van der Waals surface area contributed by atoms with Crippen LogP contribution in [-0.4, -0.2) is 25.5 Å². The van der Waals surface area contributed by atoms with Crippen LogP contribution in [0, 0.1) is 0 Å². The number of hydrogen-bond donors (Lipinski definition) is 1. The number of carbonyl (C=O) groups is 1. The molecule has 1 N–H and O–H groups in total. The quantitative estimate of drug-likeness (QED) is 0.619. The van der Waals surface area contributed by atoms with Crippen LogP contribution in [0.25, 0.3) is 6.08 Å². The van der Waals surface area contributed by atoms with Gasteiger partial charge in [0.15, 0.2) is 0 Å². The molecule has 3 rings (SSSR count). The Morgan fingerprint density at radius 1 is 1.16 bits per heavy atom. The van der Waals surface area contributed by atoms with Crippen molar-refractivity contribution in [3.8, 4) is 0 Å². The van der Waals surface area contributed by atoms with Gasteiger partial charge in [-0.2, -0.15) is 0 Å². The highest BCUT2D eigenvalue weighted by Gasteiger charge is 2.15. The van der Waals surface area contributed by atoms with E-state index in [0.717, 1.165) is 25.1 Å². The Morgan fingerprint density at radius 3 is 2.80 bits per heavy atom. The van der Waals surface area contributed by atoms with E-state index in [9.17, 15) is 4.79 Å². The molecule has 0 unspecified atom stereocenters. The lowest BCUT2D eigenvalue weighted by molar-refractivity contribution is -0.116. The van der Waals surface area contributed by atoms with Crippen LogP contribution in [0.15, 0.2) is 54.6 Å². The fourth-order valence-electron chi connectivity index (χ4n) is 3.13. The zero-order chi connectivity index (χ0) is 17.5. The van der Waals surface area contributed by atoms with Crippen LogP contribution < -0.4 is 10.2 Å². The second-order valence-electron chi connectivity index (χ2n) is 6.25. The van der Waals surface area contributed by atoms with Crippen LogP contribution in [0.3, 0.4) is 0 Å². The van der Waals surface area contributed by atoms with Crippen LogP contribution in [0.1, 0.15) is 24.0 Å². The topological polar surface area (TPSA) is 32.3 Å². The van der Waals surface area contributed by atoms with Crippen LogP contribution in [0.4, 0.5) is 5.69 Å². The molecular formula is C21H23ClN2O. The molecule has 130 valence electrons. The van der Waals surface area contributed by atoms with Crippen LogP contribution in [0.5, 0.6) is 0 Å². The molecule has 2 aromatic rings. The summed E-state index contributed by atoms with van der Waals surface area (Å²) in [6, 6.07) is 16.0. The van der Waals surface area contributed by atoms with Gasteiger partial charge in [0.25, 0.3) is 0 Å². The summed E-state index contributed by atoms with van der Waals surface area (Å²) in [6.45, 7) is 2.75. The molecule has 0 aromatic heterocycles. The average Bonchev–Trinajstić information content (AvgIpc) is 2.65. The molecule has 0 fully saturated rings. The molecule has 0 aliphatic carbocycles. The molecule has 0 atom stereocenters. The number of aryl methyl sites for hydroxylation is 1. The van der Waals surface area contributed by atoms with Crippen molar-refractivity contribution in [3.05, 3.63) is 70.8 Å². The van der Waals surface area contributed by atoms with Gasteiger partial charge in [0.05, 0.1) is 0 Å². The van der Waals surface area contributed by atoms with Gasteiger partial charge in [-0.15, -0.1) is 0 Å². The Kier molecular flexibility index (Phi) is 6.13. The molecule has 0 saturated carbocycles. The summed E-state index contributed by atoms with van der Waals surface area (Å²) < 4.78 is 0. The highest BCUT2D eigenvalue weighted by atomic mass is 35.5. The Balaban J connectivity index is 1.41. The van der Waals surface area contributed by atoms with Gasteiger partial charge in [0.2, 0.25) is 5.91 Å². The van der Waals surface area contributed by atoms with E-state index in [1.54, 1.807) is 12.2 Å². The van der Waals surface area contributed by atoms with Gasteiger partial charge in [0.1, 0.15) is 0 Å². The number of fused-ring (bicyclic) bond motifs is 1. The standard InChI is InChI=1S/C21H23ClN2O/c22-19-11-8-17(9-12-19)10-13-21(25)23-14-4-16-24-15-3-6-18-5-1-2-7-20(18)24/h1-2,5,7-13H,3-4,6,14-16H2,(H,23,25)/b13-10+. The van der Waals surface area contributed by atoms with Gasteiger partial charge in [-0.1, -0.05) is 41.9 Å². The fraction of sp³-hybridized carbons (Fsp3) is 0.286. The summed E-state index contributed by atoms with van der Waals surface area (Å²) in [4.78, 5) is 14.3. The smallest absolute Gasteiger partial charge is 0.244 e. The molecule has 2 aromatic carbocycles. The van der Waals surface area contributed by atoms with Crippen molar-refractivity contribution in [1.29, 1.82) is 0 Å². The summed E-state index contributed by atoms with van der Waals surface area (Å²) in [5.74, 6) is -0.0611. The lowest BCUT2D eigenvalue weighted by Gasteiger charge is -2.31. The van der Waals surface area contributed by atoms with E-state index >= 15 is 0 Å². The van der Waals surface area contributed by atoms with Crippen LogP contribution in [0.2, 0.25) is 5.02 Å². The van der Waals surface area contributed by atoms with Gasteiger partial charge in [0, 0.05) is 36.4 Å². The molecule has 0 bridgehead atoms. The SMILES string of the molecule is O=C(/C=C/c1ccc(Cl)cc1)NCCCN1CCCc2ccccc21. The number of para-hydroxylation sites is 1. The van der Waals surface area contributed by atoms with Crippen molar-refractivity contribution in [1.82, 2.24) is 5.32 Å². The van der Waals surface area contributed by atoms with E-state index in [2.05, 4.69) is 34.5 Å². The van der Waals surface area contributed by atoms with Gasteiger partial charge < -0.3 is 10.2 Å². The molecule has 25 heavy (non-hydrogen) atoms. The van der Waals surface area contributed by atoms with Crippen molar-refractivity contribution in [2.75, 3.05) is 24.5 Å². The largest absolute Gasteiger partial charge is 0.371 e. The minimum absolute atomic E-state index is 0.0611. The van der Waals surface area contributed by atoms with Gasteiger partial charge in [-0.05, 0) is 54.7 Å². The zero-order valence-electron chi connectivity index (χ0n) is 14.2. The number of anilines is 1. The second kappa shape index (κ2) is 8.72. The van der Waals surface area contributed by atoms with Crippen LogP contribution >= 0.6 is 11.6 Å². The maximum atomic E-state index is 11.9. The van der Waals surface area contributed by atoms with Crippen molar-refractivity contribution >= 4 is 29.3 Å². The van der Waals surface area contributed by atoms with E-state index in [4.69, 9.17) is 11.6 Å². The molecule has 0 spiro atoms. The lowest BCUT2D eigenvalue weighted by atomic mass is 10.0. The number of rotatable bonds is 6. The third-order valence-electron chi connectivity index (χ3n) is 4.41. The van der Waals surface area contributed by atoms with Crippen molar-refractivity contribution in [2.45, 2.75) is 19.3 Å². The highest BCUT2D eigenvalue weighted by molar-refractivity contribution is 6.30. The molecule has 3 nitrogen and oxygen atoms in total. The molecule has 1 aliphatic rings. The number of halogens is 1. The molecule has 1 amide bonds. The number of amides is 1. The summed E-state index contributed by atoms with van der Waals surface area (Å²) in [6.07, 6.45) is 6.67. The molecule has 4 heteroatoms. The Labute approximate surface area is 154 Å².